The summed E-state index contributed by atoms with van der Waals surface area (Å²) in [6, 6.07) is 15.7. The summed E-state index contributed by atoms with van der Waals surface area (Å²) in [7, 11) is 1.60. The zero-order valence-electron chi connectivity index (χ0n) is 15.8. The van der Waals surface area contributed by atoms with E-state index < -0.39 is 18.2 Å². The van der Waals surface area contributed by atoms with Crippen molar-refractivity contribution in [3.8, 4) is 5.75 Å². The molecule has 2 bridgehead atoms. The number of benzene rings is 2. The summed E-state index contributed by atoms with van der Waals surface area (Å²) in [4.78, 5) is 29.6. The van der Waals surface area contributed by atoms with Gasteiger partial charge in [0.1, 0.15) is 17.8 Å². The number of carbonyl (C=O) groups is 2. The molecule has 3 atom stereocenters. The molecule has 146 valence electrons. The lowest BCUT2D eigenvalue weighted by atomic mass is 10.0. The highest BCUT2D eigenvalue weighted by molar-refractivity contribution is 5.98. The Kier molecular flexibility index (Phi) is 5.05. The van der Waals surface area contributed by atoms with E-state index in [1.165, 1.54) is 0 Å². The molecule has 3 aliphatic rings. The van der Waals surface area contributed by atoms with Crippen LogP contribution in [-0.4, -0.2) is 52.0 Å². The maximum Gasteiger partial charge on any atom is 0.249 e. The maximum absolute atomic E-state index is 13.2. The third kappa shape index (κ3) is 3.36. The Labute approximate surface area is 164 Å². The van der Waals surface area contributed by atoms with Gasteiger partial charge in [0.15, 0.2) is 0 Å². The Morgan fingerprint density at radius 1 is 0.893 bits per heavy atom. The van der Waals surface area contributed by atoms with E-state index in [4.69, 9.17) is 4.74 Å². The van der Waals surface area contributed by atoms with Gasteiger partial charge in [0.2, 0.25) is 11.8 Å². The molecule has 3 heterocycles. The van der Waals surface area contributed by atoms with Crippen molar-refractivity contribution in [1.82, 2.24) is 9.80 Å². The molecule has 0 unspecified atom stereocenters. The van der Waals surface area contributed by atoms with Crippen molar-refractivity contribution >= 4 is 11.8 Å². The van der Waals surface area contributed by atoms with Crippen LogP contribution in [0.4, 0.5) is 0 Å². The van der Waals surface area contributed by atoms with Gasteiger partial charge < -0.3 is 19.6 Å². The lowest BCUT2D eigenvalue weighted by Gasteiger charge is -2.43. The molecular weight excluding hydrogens is 356 g/mol. The van der Waals surface area contributed by atoms with E-state index in [0.717, 1.165) is 16.9 Å². The Balaban J connectivity index is 1.60. The standard InChI is InChI=1S/C22H24N2O4/c1-28-17-9-7-16(8-10-17)14-24-20-19(25)12-11-18(21(24)26)23(22(20)27)13-15-5-3-2-4-6-15/h2-10,18-20,25H,11-14H2,1H3/t18-,19-,20-/m1/s1. The molecule has 0 radical (unpaired) electrons. The van der Waals surface area contributed by atoms with Crippen molar-refractivity contribution in [2.75, 3.05) is 7.11 Å². The maximum atomic E-state index is 13.2. The first kappa shape index (κ1) is 18.5. The molecule has 0 saturated carbocycles. The molecule has 3 fully saturated rings. The molecule has 0 aliphatic carbocycles. The van der Waals surface area contributed by atoms with Gasteiger partial charge in [0.05, 0.1) is 13.2 Å². The van der Waals surface area contributed by atoms with Gasteiger partial charge >= 0.3 is 0 Å². The lowest BCUT2D eigenvalue weighted by Crippen LogP contribution is -2.64. The van der Waals surface area contributed by atoms with Crippen LogP contribution in [0.5, 0.6) is 5.75 Å². The van der Waals surface area contributed by atoms with E-state index >= 15 is 0 Å². The lowest BCUT2D eigenvalue weighted by molar-refractivity contribution is -0.164. The number of nitrogens with zero attached hydrogens (tertiary/aromatic N) is 2. The van der Waals surface area contributed by atoms with Gasteiger partial charge in [0.25, 0.3) is 0 Å². The van der Waals surface area contributed by atoms with Gasteiger partial charge in [-0.2, -0.15) is 0 Å². The predicted molar refractivity (Wildman–Crippen MR) is 103 cm³/mol. The van der Waals surface area contributed by atoms with Crippen molar-refractivity contribution in [3.05, 3.63) is 65.7 Å². The van der Waals surface area contributed by atoms with Crippen LogP contribution in [0.15, 0.2) is 54.6 Å². The SMILES string of the molecule is COc1ccc(CN2C(=O)[C@H]3CC[C@@H](O)[C@@H]2C(=O)N3Cc2ccccc2)cc1. The summed E-state index contributed by atoms with van der Waals surface area (Å²) in [5.41, 5.74) is 1.88. The molecular formula is C22H24N2O4. The van der Waals surface area contributed by atoms with Gasteiger partial charge in [-0.1, -0.05) is 42.5 Å². The van der Waals surface area contributed by atoms with E-state index in [2.05, 4.69) is 0 Å². The fraction of sp³-hybridized carbons (Fsp3) is 0.364. The van der Waals surface area contributed by atoms with Crippen LogP contribution in [0, 0.1) is 0 Å². The highest BCUT2D eigenvalue weighted by atomic mass is 16.5. The molecule has 3 aliphatic heterocycles. The van der Waals surface area contributed by atoms with E-state index in [1.54, 1.807) is 16.9 Å². The second-order valence-electron chi connectivity index (χ2n) is 7.37. The van der Waals surface area contributed by atoms with Crippen LogP contribution in [0.2, 0.25) is 0 Å². The zero-order chi connectivity index (χ0) is 19.7. The first-order chi connectivity index (χ1) is 13.6. The molecule has 2 aromatic rings. The summed E-state index contributed by atoms with van der Waals surface area (Å²) in [6.07, 6.45) is 0.0752. The smallest absolute Gasteiger partial charge is 0.249 e. The average molecular weight is 380 g/mol. The summed E-state index contributed by atoms with van der Waals surface area (Å²) >= 11 is 0. The monoisotopic (exact) mass is 380 g/mol. The molecule has 3 saturated heterocycles. The van der Waals surface area contributed by atoms with Gasteiger partial charge in [-0.05, 0) is 36.1 Å². The molecule has 0 spiro atoms. The Hall–Kier alpha value is -2.86. The number of hydrogen-bond acceptors (Lipinski definition) is 4. The third-order valence-corrected chi connectivity index (χ3v) is 5.62. The Bertz CT molecular complexity index is 853. The first-order valence-electron chi connectivity index (χ1n) is 9.54. The second-order valence-corrected chi connectivity index (χ2v) is 7.37. The summed E-state index contributed by atoms with van der Waals surface area (Å²) in [6.45, 7) is 0.682. The number of methoxy groups -OCH3 is 1. The van der Waals surface area contributed by atoms with Gasteiger partial charge in [-0.3, -0.25) is 9.59 Å². The van der Waals surface area contributed by atoms with Gasteiger partial charge in [-0.25, -0.2) is 0 Å². The highest BCUT2D eigenvalue weighted by Crippen LogP contribution is 2.32. The van der Waals surface area contributed by atoms with Crippen molar-refractivity contribution in [1.29, 1.82) is 0 Å². The van der Waals surface area contributed by atoms with Gasteiger partial charge in [0, 0.05) is 13.1 Å². The minimum Gasteiger partial charge on any atom is -0.497 e. The van der Waals surface area contributed by atoms with Crippen LogP contribution in [0.25, 0.3) is 0 Å². The predicted octanol–water partition coefficient (Wildman–Crippen LogP) is 1.96. The molecule has 2 amide bonds. The normalized spacial score (nSPS) is 24.4. The van der Waals surface area contributed by atoms with Crippen molar-refractivity contribution < 1.29 is 19.4 Å². The number of ether oxygens (including phenoxy) is 1. The highest BCUT2D eigenvalue weighted by Gasteiger charge is 2.51. The fourth-order valence-corrected chi connectivity index (χ4v) is 4.13. The number of piperazine rings is 1. The van der Waals surface area contributed by atoms with Crippen molar-refractivity contribution in [2.24, 2.45) is 0 Å². The van der Waals surface area contributed by atoms with E-state index in [9.17, 15) is 14.7 Å². The van der Waals surface area contributed by atoms with Crippen LogP contribution in [-0.2, 0) is 22.7 Å². The number of hydrogen-bond donors (Lipinski definition) is 1. The second kappa shape index (κ2) is 7.64. The first-order valence-corrected chi connectivity index (χ1v) is 9.54. The van der Waals surface area contributed by atoms with E-state index in [-0.39, 0.29) is 11.8 Å². The van der Waals surface area contributed by atoms with Crippen LogP contribution in [0.1, 0.15) is 24.0 Å². The summed E-state index contributed by atoms with van der Waals surface area (Å²) in [5, 5.41) is 10.6. The summed E-state index contributed by atoms with van der Waals surface area (Å²) < 4.78 is 5.17. The molecule has 1 N–H and O–H groups in total. The Morgan fingerprint density at radius 3 is 2.21 bits per heavy atom. The number of carbonyl (C=O) groups excluding carboxylic acids is 2. The Morgan fingerprint density at radius 2 is 1.54 bits per heavy atom. The molecule has 0 aromatic heterocycles. The minimum absolute atomic E-state index is 0.0899. The number of aliphatic hydroxyl groups is 1. The molecule has 2 aromatic carbocycles. The van der Waals surface area contributed by atoms with Crippen molar-refractivity contribution in [3.63, 3.8) is 0 Å². The topological polar surface area (TPSA) is 70.1 Å². The number of rotatable bonds is 5. The number of amides is 2. The fourth-order valence-electron chi connectivity index (χ4n) is 4.13. The molecule has 6 heteroatoms. The largest absolute Gasteiger partial charge is 0.497 e. The number of aliphatic hydroxyl groups excluding tert-OH is 1. The average Bonchev–Trinajstić information content (AvgIpc) is 2.91. The molecule has 28 heavy (non-hydrogen) atoms. The van der Waals surface area contributed by atoms with E-state index in [0.29, 0.717) is 25.9 Å². The van der Waals surface area contributed by atoms with Gasteiger partial charge in [-0.15, -0.1) is 0 Å². The summed E-state index contributed by atoms with van der Waals surface area (Å²) in [5.74, 6) is 0.470. The minimum atomic E-state index is -0.847. The van der Waals surface area contributed by atoms with Crippen molar-refractivity contribution in [2.45, 2.75) is 44.1 Å². The quantitative estimate of drug-likeness (QED) is 0.861. The van der Waals surface area contributed by atoms with Crippen LogP contribution in [0.3, 0.4) is 0 Å². The van der Waals surface area contributed by atoms with E-state index in [1.807, 2.05) is 54.6 Å². The number of fused-ring (bicyclic) bond motifs is 4. The zero-order valence-corrected chi connectivity index (χ0v) is 15.8. The molecule has 6 nitrogen and oxygen atoms in total. The van der Waals surface area contributed by atoms with Crippen LogP contribution < -0.4 is 4.74 Å². The van der Waals surface area contributed by atoms with Crippen LogP contribution >= 0.6 is 0 Å². The third-order valence-electron chi connectivity index (χ3n) is 5.62. The molecule has 5 rings (SSSR count).